The van der Waals surface area contributed by atoms with Gasteiger partial charge in [0, 0.05) is 0 Å². The van der Waals surface area contributed by atoms with Gasteiger partial charge in [-0.05, 0) is 19.3 Å². The van der Waals surface area contributed by atoms with E-state index in [0.29, 0.717) is 6.10 Å². The molecule has 0 bridgehead atoms. The quantitative estimate of drug-likeness (QED) is 0.445. The van der Waals surface area contributed by atoms with Gasteiger partial charge in [0.25, 0.3) is 0 Å². The van der Waals surface area contributed by atoms with E-state index in [0.717, 1.165) is 19.4 Å². The predicted molar refractivity (Wildman–Crippen MR) is 66.1 cm³/mol. The summed E-state index contributed by atoms with van der Waals surface area (Å²) in [6, 6.07) is 0. The van der Waals surface area contributed by atoms with Crippen molar-refractivity contribution in [1.82, 2.24) is 0 Å². The van der Waals surface area contributed by atoms with Crippen LogP contribution in [0.1, 0.15) is 64.7 Å². The molecule has 0 saturated carbocycles. The third-order valence-corrected chi connectivity index (χ3v) is 3.21. The Morgan fingerprint density at radius 2 is 1.93 bits per heavy atom. The van der Waals surface area contributed by atoms with Crippen LogP contribution in [0.4, 0.5) is 0 Å². The van der Waals surface area contributed by atoms with Gasteiger partial charge in [-0.15, -0.1) is 0 Å². The molecule has 1 aliphatic heterocycles. The van der Waals surface area contributed by atoms with Crippen molar-refractivity contribution >= 4 is 0 Å². The highest BCUT2D eigenvalue weighted by Gasteiger charge is 2.15. The van der Waals surface area contributed by atoms with Gasteiger partial charge in [0.05, 0.1) is 12.7 Å². The molecule has 0 aromatic carbocycles. The second-order valence-corrected chi connectivity index (χ2v) is 4.75. The molecule has 1 nitrogen and oxygen atoms in total. The minimum absolute atomic E-state index is 0.484. The lowest BCUT2D eigenvalue weighted by Gasteiger charge is -2.24. The van der Waals surface area contributed by atoms with Crippen LogP contribution in [0.3, 0.4) is 0 Å². The first kappa shape index (κ1) is 12.8. The summed E-state index contributed by atoms with van der Waals surface area (Å²) in [5, 5.41) is 0. The monoisotopic (exact) mass is 210 g/mol. The van der Waals surface area contributed by atoms with E-state index in [1.807, 2.05) is 0 Å². The first-order valence-corrected chi connectivity index (χ1v) is 6.61. The van der Waals surface area contributed by atoms with Gasteiger partial charge < -0.3 is 4.74 Å². The summed E-state index contributed by atoms with van der Waals surface area (Å²) < 4.78 is 5.72. The smallest absolute Gasteiger partial charge is 0.0612 e. The van der Waals surface area contributed by atoms with E-state index in [-0.39, 0.29) is 0 Å². The van der Waals surface area contributed by atoms with E-state index in [9.17, 15) is 0 Å². The molecule has 0 aromatic rings. The van der Waals surface area contributed by atoms with Crippen molar-refractivity contribution in [3.8, 4) is 0 Å². The van der Waals surface area contributed by atoms with E-state index < -0.39 is 0 Å². The van der Waals surface area contributed by atoms with Crippen molar-refractivity contribution in [1.29, 1.82) is 0 Å². The van der Waals surface area contributed by atoms with E-state index in [4.69, 9.17) is 4.74 Å². The maximum absolute atomic E-state index is 5.72. The molecule has 1 fully saturated rings. The summed E-state index contributed by atoms with van der Waals surface area (Å²) in [6.45, 7) is 7.22. The summed E-state index contributed by atoms with van der Waals surface area (Å²) in [5.41, 5.74) is 1.39. The lowest BCUT2D eigenvalue weighted by atomic mass is 9.99. The number of ether oxygens (including phenoxy) is 1. The highest BCUT2D eigenvalue weighted by atomic mass is 16.5. The zero-order chi connectivity index (χ0) is 10.9. The summed E-state index contributed by atoms with van der Waals surface area (Å²) >= 11 is 0. The van der Waals surface area contributed by atoms with Crippen LogP contribution in [0.5, 0.6) is 0 Å². The first-order chi connectivity index (χ1) is 7.33. The summed E-state index contributed by atoms with van der Waals surface area (Å²) in [4.78, 5) is 0. The second-order valence-electron chi connectivity index (χ2n) is 4.75. The maximum atomic E-state index is 5.72. The molecule has 0 radical (unpaired) electrons. The molecular formula is C14H26O. The number of hydrogen-bond donors (Lipinski definition) is 0. The van der Waals surface area contributed by atoms with Crippen molar-refractivity contribution in [2.24, 2.45) is 0 Å². The Balaban J connectivity index is 1.92. The molecule has 0 N–H and O–H groups in total. The van der Waals surface area contributed by atoms with Gasteiger partial charge in [-0.2, -0.15) is 0 Å². The van der Waals surface area contributed by atoms with Crippen molar-refractivity contribution < 1.29 is 4.74 Å². The number of unbranched alkanes of at least 4 members (excludes halogenated alkanes) is 5. The van der Waals surface area contributed by atoms with E-state index >= 15 is 0 Å². The molecule has 0 aromatic heterocycles. The van der Waals surface area contributed by atoms with Crippen LogP contribution in [-0.2, 0) is 4.74 Å². The van der Waals surface area contributed by atoms with Crippen molar-refractivity contribution in [2.45, 2.75) is 70.8 Å². The van der Waals surface area contributed by atoms with Crippen molar-refractivity contribution in [3.05, 3.63) is 12.2 Å². The fourth-order valence-corrected chi connectivity index (χ4v) is 2.19. The standard InChI is InChI=1S/C14H26O/c1-3-4-5-6-7-8-9-14-12-13(2)10-11-15-14/h14H,2-12H2,1H3. The molecule has 1 atom stereocenters. The highest BCUT2D eigenvalue weighted by molar-refractivity contribution is 4.98. The van der Waals surface area contributed by atoms with Gasteiger partial charge in [0.1, 0.15) is 0 Å². The Morgan fingerprint density at radius 3 is 2.67 bits per heavy atom. The Hall–Kier alpha value is -0.300. The van der Waals surface area contributed by atoms with Crippen LogP contribution in [0.15, 0.2) is 12.2 Å². The van der Waals surface area contributed by atoms with Crippen LogP contribution >= 0.6 is 0 Å². The average molecular weight is 210 g/mol. The van der Waals surface area contributed by atoms with Crippen molar-refractivity contribution in [2.75, 3.05) is 6.61 Å². The number of hydrogen-bond acceptors (Lipinski definition) is 1. The molecule has 1 unspecified atom stereocenters. The average Bonchev–Trinajstić information content (AvgIpc) is 2.23. The Morgan fingerprint density at radius 1 is 1.20 bits per heavy atom. The molecule has 15 heavy (non-hydrogen) atoms. The third-order valence-electron chi connectivity index (χ3n) is 3.21. The zero-order valence-corrected chi connectivity index (χ0v) is 10.3. The molecular weight excluding hydrogens is 184 g/mol. The fraction of sp³-hybridized carbons (Fsp3) is 0.857. The SMILES string of the molecule is C=C1CCOC(CCCCCCCC)C1. The molecule has 1 rings (SSSR count). The van der Waals surface area contributed by atoms with E-state index in [2.05, 4.69) is 13.5 Å². The van der Waals surface area contributed by atoms with Gasteiger partial charge >= 0.3 is 0 Å². The van der Waals surface area contributed by atoms with Crippen LogP contribution in [-0.4, -0.2) is 12.7 Å². The van der Waals surface area contributed by atoms with E-state index in [1.54, 1.807) is 0 Å². The van der Waals surface area contributed by atoms with Crippen molar-refractivity contribution in [3.63, 3.8) is 0 Å². The molecule has 0 spiro atoms. The first-order valence-electron chi connectivity index (χ1n) is 6.61. The zero-order valence-electron chi connectivity index (χ0n) is 10.3. The fourth-order valence-electron chi connectivity index (χ4n) is 2.19. The maximum Gasteiger partial charge on any atom is 0.0612 e. The second kappa shape index (κ2) is 7.92. The largest absolute Gasteiger partial charge is 0.378 e. The molecule has 1 aliphatic rings. The van der Waals surface area contributed by atoms with Crippen LogP contribution < -0.4 is 0 Å². The van der Waals surface area contributed by atoms with Crippen LogP contribution in [0.25, 0.3) is 0 Å². The van der Waals surface area contributed by atoms with Crippen LogP contribution in [0, 0.1) is 0 Å². The predicted octanol–water partition coefficient (Wildman–Crippen LogP) is 4.47. The normalized spacial score (nSPS) is 21.9. The molecule has 1 heterocycles. The van der Waals surface area contributed by atoms with Gasteiger partial charge in [-0.25, -0.2) is 0 Å². The Kier molecular flexibility index (Phi) is 6.74. The highest BCUT2D eigenvalue weighted by Crippen LogP contribution is 2.21. The van der Waals surface area contributed by atoms with E-state index in [1.165, 1.54) is 50.5 Å². The third kappa shape index (κ3) is 5.99. The van der Waals surface area contributed by atoms with Gasteiger partial charge in [-0.1, -0.05) is 57.6 Å². The minimum atomic E-state index is 0.484. The Labute approximate surface area is 94.9 Å². The molecule has 88 valence electrons. The summed E-state index contributed by atoms with van der Waals surface area (Å²) in [7, 11) is 0. The van der Waals surface area contributed by atoms with Gasteiger partial charge in [-0.3, -0.25) is 0 Å². The summed E-state index contributed by atoms with van der Waals surface area (Å²) in [5.74, 6) is 0. The van der Waals surface area contributed by atoms with Gasteiger partial charge in [0.15, 0.2) is 0 Å². The minimum Gasteiger partial charge on any atom is -0.378 e. The van der Waals surface area contributed by atoms with Gasteiger partial charge in [0.2, 0.25) is 0 Å². The van der Waals surface area contributed by atoms with Crippen LogP contribution in [0.2, 0.25) is 0 Å². The number of rotatable bonds is 7. The molecule has 0 aliphatic carbocycles. The lowest BCUT2D eigenvalue weighted by molar-refractivity contribution is 0.0291. The molecule has 0 amide bonds. The molecule has 1 heteroatoms. The molecule has 1 saturated heterocycles. The lowest BCUT2D eigenvalue weighted by Crippen LogP contribution is -2.20. The Bertz CT molecular complexity index is 174. The summed E-state index contributed by atoms with van der Waals surface area (Å²) in [6.07, 6.45) is 12.2. The topological polar surface area (TPSA) is 9.23 Å².